The van der Waals surface area contributed by atoms with Crippen LogP contribution < -0.4 is 20.3 Å². The highest BCUT2D eigenvalue weighted by Crippen LogP contribution is 2.28. The maximum atomic E-state index is 12.5. The number of rotatable bonds is 5. The third-order valence-corrected chi connectivity index (χ3v) is 4.88. The summed E-state index contributed by atoms with van der Waals surface area (Å²) in [5.74, 6) is 0.726. The molecule has 0 aliphatic carbocycles. The molecule has 0 radical (unpaired) electrons. The number of urea groups is 1. The van der Waals surface area contributed by atoms with Crippen LogP contribution in [0.1, 0.15) is 15.9 Å². The van der Waals surface area contributed by atoms with Crippen molar-refractivity contribution in [2.24, 2.45) is 0 Å². The molecule has 0 unspecified atom stereocenters. The fourth-order valence-electron chi connectivity index (χ4n) is 3.25. The number of carbonyl (C=O) groups is 2. The summed E-state index contributed by atoms with van der Waals surface area (Å²) in [5.41, 5.74) is 2.61. The summed E-state index contributed by atoms with van der Waals surface area (Å²) < 4.78 is 5.43. The Hall–Kier alpha value is -3.22. The van der Waals surface area contributed by atoms with Crippen molar-refractivity contribution in [2.75, 3.05) is 45.2 Å². The van der Waals surface area contributed by atoms with Gasteiger partial charge in [0.2, 0.25) is 0 Å². The Labute approximate surface area is 165 Å². The van der Waals surface area contributed by atoms with Gasteiger partial charge in [0, 0.05) is 45.3 Å². The van der Waals surface area contributed by atoms with Gasteiger partial charge in [-0.15, -0.1) is 0 Å². The molecule has 0 atom stereocenters. The van der Waals surface area contributed by atoms with Crippen molar-refractivity contribution in [1.82, 2.24) is 15.5 Å². The fraction of sp³-hybridized carbons (Fsp3) is 0.333. The Morgan fingerprint density at radius 1 is 1.00 bits per heavy atom. The average Bonchev–Trinajstić information content (AvgIpc) is 2.77. The van der Waals surface area contributed by atoms with Gasteiger partial charge in [-0.05, 0) is 29.8 Å². The van der Waals surface area contributed by atoms with Crippen LogP contribution in [-0.2, 0) is 6.54 Å². The molecule has 28 heavy (non-hydrogen) atoms. The first kappa shape index (κ1) is 19.5. The largest absolute Gasteiger partial charge is 0.495 e. The Kier molecular flexibility index (Phi) is 6.37. The highest BCUT2D eigenvalue weighted by Gasteiger charge is 2.22. The Balaban J connectivity index is 1.49. The van der Waals surface area contributed by atoms with Gasteiger partial charge in [0.25, 0.3) is 5.91 Å². The lowest BCUT2D eigenvalue weighted by Gasteiger charge is -2.36. The third-order valence-electron chi connectivity index (χ3n) is 4.88. The molecule has 3 amide bonds. The molecule has 1 aliphatic heterocycles. The number of nitrogens with one attached hydrogen (secondary N) is 2. The van der Waals surface area contributed by atoms with Gasteiger partial charge in [0.1, 0.15) is 5.75 Å². The van der Waals surface area contributed by atoms with Crippen molar-refractivity contribution in [3.05, 3.63) is 59.7 Å². The molecule has 2 aromatic carbocycles. The number of carbonyl (C=O) groups excluding carboxylic acids is 2. The first-order valence-electron chi connectivity index (χ1n) is 9.34. The standard InChI is InChI=1S/C21H26N4O3/c1-22-20(26)17-9-7-16(8-10-17)15-23-21(27)25-13-11-24(12-14-25)18-5-3-4-6-19(18)28-2/h3-10H,11-15H2,1-2H3,(H,22,26)(H,23,27). The molecule has 0 spiro atoms. The van der Waals surface area contributed by atoms with Crippen molar-refractivity contribution < 1.29 is 14.3 Å². The molecular formula is C21H26N4O3. The summed E-state index contributed by atoms with van der Waals surface area (Å²) in [6, 6.07) is 15.1. The van der Waals surface area contributed by atoms with Gasteiger partial charge in [-0.1, -0.05) is 24.3 Å². The Morgan fingerprint density at radius 3 is 2.32 bits per heavy atom. The number of benzene rings is 2. The van der Waals surface area contributed by atoms with E-state index in [1.807, 2.05) is 41.3 Å². The highest BCUT2D eigenvalue weighted by atomic mass is 16.5. The third kappa shape index (κ3) is 4.54. The molecule has 148 valence electrons. The van der Waals surface area contributed by atoms with Gasteiger partial charge in [-0.3, -0.25) is 4.79 Å². The van der Waals surface area contributed by atoms with Crippen LogP contribution in [0.3, 0.4) is 0 Å². The predicted molar refractivity (Wildman–Crippen MR) is 109 cm³/mol. The number of amides is 3. The van der Waals surface area contributed by atoms with Crippen molar-refractivity contribution in [1.29, 1.82) is 0 Å². The average molecular weight is 382 g/mol. The molecule has 1 saturated heterocycles. The summed E-state index contributed by atoms with van der Waals surface area (Å²) in [7, 11) is 3.27. The molecule has 1 fully saturated rings. The highest BCUT2D eigenvalue weighted by molar-refractivity contribution is 5.93. The van der Waals surface area contributed by atoms with Gasteiger partial charge < -0.3 is 25.2 Å². The van der Waals surface area contributed by atoms with Crippen LogP contribution in [0.15, 0.2) is 48.5 Å². The minimum atomic E-state index is -0.122. The fourth-order valence-corrected chi connectivity index (χ4v) is 3.25. The normalized spacial score (nSPS) is 13.8. The number of hydrogen-bond acceptors (Lipinski definition) is 4. The summed E-state index contributed by atoms with van der Waals surface area (Å²) in [6.07, 6.45) is 0. The number of piperazine rings is 1. The summed E-state index contributed by atoms with van der Waals surface area (Å²) in [5, 5.41) is 5.54. The van der Waals surface area contributed by atoms with E-state index in [0.29, 0.717) is 25.2 Å². The second kappa shape index (κ2) is 9.12. The number of nitrogens with zero attached hydrogens (tertiary/aromatic N) is 2. The number of anilines is 1. The van der Waals surface area contributed by atoms with E-state index in [9.17, 15) is 9.59 Å². The Bertz CT molecular complexity index is 815. The molecule has 2 aromatic rings. The van der Waals surface area contributed by atoms with Crippen LogP contribution in [0.25, 0.3) is 0 Å². The molecule has 0 aromatic heterocycles. The summed E-state index contributed by atoms with van der Waals surface area (Å²) in [6.45, 7) is 3.25. The quantitative estimate of drug-likeness (QED) is 0.831. The Morgan fingerprint density at radius 2 is 1.68 bits per heavy atom. The lowest BCUT2D eigenvalue weighted by molar-refractivity contribution is 0.0963. The molecule has 7 heteroatoms. The lowest BCUT2D eigenvalue weighted by atomic mass is 10.1. The second-order valence-corrected chi connectivity index (χ2v) is 6.58. The first-order chi connectivity index (χ1) is 13.6. The van der Waals surface area contributed by atoms with E-state index in [1.165, 1.54) is 0 Å². The van der Waals surface area contributed by atoms with Gasteiger partial charge in [0.05, 0.1) is 12.8 Å². The summed E-state index contributed by atoms with van der Waals surface area (Å²) in [4.78, 5) is 28.1. The number of methoxy groups -OCH3 is 1. The molecule has 3 rings (SSSR count). The van der Waals surface area contributed by atoms with E-state index in [1.54, 1.807) is 26.3 Å². The molecule has 7 nitrogen and oxygen atoms in total. The first-order valence-corrected chi connectivity index (χ1v) is 9.34. The molecule has 0 bridgehead atoms. The predicted octanol–water partition coefficient (Wildman–Crippen LogP) is 2.09. The van der Waals surface area contributed by atoms with Gasteiger partial charge in [-0.25, -0.2) is 4.79 Å². The van der Waals surface area contributed by atoms with Crippen molar-refractivity contribution in [3.63, 3.8) is 0 Å². The topological polar surface area (TPSA) is 73.9 Å². The molecule has 2 N–H and O–H groups in total. The summed E-state index contributed by atoms with van der Waals surface area (Å²) >= 11 is 0. The minimum Gasteiger partial charge on any atom is -0.495 e. The van der Waals surface area contributed by atoms with E-state index in [-0.39, 0.29) is 11.9 Å². The SMILES string of the molecule is CNC(=O)c1ccc(CNC(=O)N2CCN(c3ccccc3OC)CC2)cc1. The van der Waals surface area contributed by atoms with Crippen LogP contribution in [-0.4, -0.2) is 57.2 Å². The molecule has 1 aliphatic rings. The number of hydrogen-bond donors (Lipinski definition) is 2. The lowest BCUT2D eigenvalue weighted by Crippen LogP contribution is -2.51. The van der Waals surface area contributed by atoms with E-state index in [0.717, 1.165) is 30.1 Å². The maximum Gasteiger partial charge on any atom is 0.317 e. The minimum absolute atomic E-state index is 0.0740. The van der Waals surface area contributed by atoms with E-state index >= 15 is 0 Å². The van der Waals surface area contributed by atoms with Crippen molar-refractivity contribution in [3.8, 4) is 5.75 Å². The van der Waals surface area contributed by atoms with Gasteiger partial charge in [-0.2, -0.15) is 0 Å². The molecule has 0 saturated carbocycles. The van der Waals surface area contributed by atoms with E-state index in [4.69, 9.17) is 4.74 Å². The second-order valence-electron chi connectivity index (χ2n) is 6.58. The van der Waals surface area contributed by atoms with Crippen LogP contribution >= 0.6 is 0 Å². The van der Waals surface area contributed by atoms with Crippen LogP contribution in [0, 0.1) is 0 Å². The van der Waals surface area contributed by atoms with Crippen molar-refractivity contribution >= 4 is 17.6 Å². The van der Waals surface area contributed by atoms with E-state index < -0.39 is 0 Å². The monoisotopic (exact) mass is 382 g/mol. The number of ether oxygens (including phenoxy) is 1. The van der Waals surface area contributed by atoms with Crippen LogP contribution in [0.5, 0.6) is 5.75 Å². The van der Waals surface area contributed by atoms with Crippen LogP contribution in [0.4, 0.5) is 10.5 Å². The smallest absolute Gasteiger partial charge is 0.317 e. The zero-order chi connectivity index (χ0) is 19.9. The van der Waals surface area contributed by atoms with Crippen molar-refractivity contribution in [2.45, 2.75) is 6.54 Å². The zero-order valence-electron chi connectivity index (χ0n) is 16.3. The molecule has 1 heterocycles. The number of para-hydroxylation sites is 2. The van der Waals surface area contributed by atoms with Crippen LogP contribution in [0.2, 0.25) is 0 Å². The molecular weight excluding hydrogens is 356 g/mol. The zero-order valence-corrected chi connectivity index (χ0v) is 16.3. The van der Waals surface area contributed by atoms with Gasteiger partial charge >= 0.3 is 6.03 Å². The maximum absolute atomic E-state index is 12.5. The van der Waals surface area contributed by atoms with E-state index in [2.05, 4.69) is 15.5 Å². The van der Waals surface area contributed by atoms with Gasteiger partial charge in [0.15, 0.2) is 0 Å².